The Balaban J connectivity index is 2.85. The number of hydrogen-bond donors (Lipinski definition) is 2. The Bertz CT molecular complexity index is 370. The van der Waals surface area contributed by atoms with E-state index in [9.17, 15) is 15.0 Å². The van der Waals surface area contributed by atoms with Gasteiger partial charge in [0.25, 0.3) is 0 Å². The van der Waals surface area contributed by atoms with Gasteiger partial charge in [-0.15, -0.1) is 0 Å². The van der Waals surface area contributed by atoms with E-state index in [-0.39, 0.29) is 5.56 Å². The maximum absolute atomic E-state index is 10.9. The zero-order valence-electron chi connectivity index (χ0n) is 8.96. The third-order valence-electron chi connectivity index (χ3n) is 2.23. The molecule has 1 aromatic rings. The molecule has 0 aliphatic carbocycles. The van der Waals surface area contributed by atoms with Gasteiger partial charge >= 0.3 is 5.97 Å². The summed E-state index contributed by atoms with van der Waals surface area (Å²) in [7, 11) is 0. The Hall–Kier alpha value is -1.65. The van der Waals surface area contributed by atoms with Crippen LogP contribution in [0.2, 0.25) is 0 Å². The first-order chi connectivity index (χ1) is 7.48. The Morgan fingerprint density at radius 3 is 2.50 bits per heavy atom. The zero-order valence-corrected chi connectivity index (χ0v) is 8.96. The highest BCUT2D eigenvalue weighted by atomic mass is 16.6. The maximum Gasteiger partial charge on any atom is 0.330 e. The largest absolute Gasteiger partial charge is 0.453 e. The molecule has 0 aliphatic heterocycles. The van der Waals surface area contributed by atoms with Crippen LogP contribution in [0.3, 0.4) is 0 Å². The molecule has 1 atom stereocenters. The third-order valence-corrected chi connectivity index (χ3v) is 2.23. The molecule has 0 amide bonds. The second kappa shape index (κ2) is 4.92. The van der Waals surface area contributed by atoms with Crippen LogP contribution in [0.25, 0.3) is 0 Å². The fourth-order valence-electron chi connectivity index (χ4n) is 1.22. The van der Waals surface area contributed by atoms with Crippen molar-refractivity contribution in [2.24, 2.45) is 0 Å². The number of carbonyl (C=O) groups is 1. The summed E-state index contributed by atoms with van der Waals surface area (Å²) in [6.45, 7) is 4.63. The second-order valence-electron chi connectivity index (χ2n) is 3.38. The summed E-state index contributed by atoms with van der Waals surface area (Å²) >= 11 is 0. The molecule has 1 unspecified atom stereocenters. The molecule has 1 aromatic carbocycles. The molecule has 4 heteroatoms. The Morgan fingerprint density at radius 2 is 2.00 bits per heavy atom. The highest BCUT2D eigenvalue weighted by Crippen LogP contribution is 2.23. The first-order valence-corrected chi connectivity index (χ1v) is 4.81. The van der Waals surface area contributed by atoms with Crippen molar-refractivity contribution in [3.8, 4) is 0 Å². The summed E-state index contributed by atoms with van der Waals surface area (Å²) in [5, 5.41) is 19.7. The number of ether oxygens (including phenoxy) is 1. The minimum Gasteiger partial charge on any atom is -0.453 e. The molecule has 0 fully saturated rings. The van der Waals surface area contributed by atoms with Crippen LogP contribution in [-0.4, -0.2) is 22.3 Å². The quantitative estimate of drug-likeness (QED) is 0.452. The summed E-state index contributed by atoms with van der Waals surface area (Å²) in [5.74, 6) is -2.91. The van der Waals surface area contributed by atoms with Crippen molar-refractivity contribution in [1.29, 1.82) is 0 Å². The van der Waals surface area contributed by atoms with E-state index in [1.165, 1.54) is 19.1 Å². The van der Waals surface area contributed by atoms with E-state index in [1.807, 2.05) is 0 Å². The number of rotatable bonds is 4. The fraction of sp³-hybridized carbons (Fsp3) is 0.250. The first-order valence-electron chi connectivity index (χ1n) is 4.81. The number of hydrogen-bond acceptors (Lipinski definition) is 4. The lowest BCUT2D eigenvalue weighted by atomic mass is 10.0. The molecule has 0 radical (unpaired) electrons. The Kier molecular flexibility index (Phi) is 3.82. The minimum atomic E-state index is -2.21. The summed E-state index contributed by atoms with van der Waals surface area (Å²) < 4.78 is 4.76. The van der Waals surface area contributed by atoms with Crippen LogP contribution < -0.4 is 0 Å². The third kappa shape index (κ3) is 2.68. The van der Waals surface area contributed by atoms with Gasteiger partial charge in [-0.25, -0.2) is 4.79 Å². The van der Waals surface area contributed by atoms with Crippen LogP contribution in [0.5, 0.6) is 0 Å². The minimum absolute atomic E-state index is 0.263. The van der Waals surface area contributed by atoms with Crippen molar-refractivity contribution >= 4 is 5.97 Å². The molecule has 0 bridgehead atoms. The summed E-state index contributed by atoms with van der Waals surface area (Å²) in [4.78, 5) is 10.9. The predicted octanol–water partition coefficient (Wildman–Crippen LogP) is 0.942. The molecular weight excluding hydrogens is 208 g/mol. The van der Waals surface area contributed by atoms with Crippen LogP contribution in [0, 0.1) is 0 Å². The SMILES string of the molecule is C=CC(=O)OC(C)C(O)(O)c1ccccc1. The van der Waals surface area contributed by atoms with Crippen molar-refractivity contribution < 1.29 is 19.7 Å². The lowest BCUT2D eigenvalue weighted by molar-refractivity contribution is -0.238. The van der Waals surface area contributed by atoms with Gasteiger partial charge in [-0.2, -0.15) is 0 Å². The molecule has 16 heavy (non-hydrogen) atoms. The van der Waals surface area contributed by atoms with Gasteiger partial charge < -0.3 is 14.9 Å². The average molecular weight is 222 g/mol. The highest BCUT2D eigenvalue weighted by molar-refractivity contribution is 5.81. The summed E-state index contributed by atoms with van der Waals surface area (Å²) in [5.41, 5.74) is 0.263. The Morgan fingerprint density at radius 1 is 1.44 bits per heavy atom. The molecule has 1 rings (SSSR count). The van der Waals surface area contributed by atoms with Gasteiger partial charge in [0.1, 0.15) is 0 Å². The zero-order chi connectivity index (χ0) is 12.2. The number of benzene rings is 1. The van der Waals surface area contributed by atoms with E-state index in [0.717, 1.165) is 6.08 Å². The standard InChI is InChI=1S/C12H14O4/c1-3-11(13)16-9(2)12(14,15)10-7-5-4-6-8-10/h3-9,14-15H,1H2,2H3. The van der Waals surface area contributed by atoms with Gasteiger partial charge in [-0.3, -0.25) is 0 Å². The van der Waals surface area contributed by atoms with E-state index < -0.39 is 17.9 Å². The van der Waals surface area contributed by atoms with Gasteiger partial charge in [0.05, 0.1) is 0 Å². The van der Waals surface area contributed by atoms with Crippen molar-refractivity contribution in [2.45, 2.75) is 18.8 Å². The fourth-order valence-corrected chi connectivity index (χ4v) is 1.22. The van der Waals surface area contributed by atoms with Crippen LogP contribution in [-0.2, 0) is 15.3 Å². The van der Waals surface area contributed by atoms with Crippen LogP contribution >= 0.6 is 0 Å². The van der Waals surface area contributed by atoms with Crippen LogP contribution in [0.4, 0.5) is 0 Å². The first kappa shape index (κ1) is 12.4. The molecule has 0 heterocycles. The van der Waals surface area contributed by atoms with Gasteiger partial charge in [0.15, 0.2) is 6.10 Å². The molecule has 4 nitrogen and oxygen atoms in total. The summed E-state index contributed by atoms with van der Waals surface area (Å²) in [6.07, 6.45) is -0.113. The molecule has 2 N–H and O–H groups in total. The molecule has 86 valence electrons. The lowest BCUT2D eigenvalue weighted by Crippen LogP contribution is -2.40. The van der Waals surface area contributed by atoms with Gasteiger partial charge in [-0.05, 0) is 6.92 Å². The lowest BCUT2D eigenvalue weighted by Gasteiger charge is -2.28. The molecule has 0 aliphatic rings. The van der Waals surface area contributed by atoms with Crippen LogP contribution in [0.1, 0.15) is 12.5 Å². The number of carbonyl (C=O) groups excluding carboxylic acids is 1. The summed E-state index contributed by atoms with van der Waals surface area (Å²) in [6, 6.07) is 8.16. The predicted molar refractivity (Wildman–Crippen MR) is 58.3 cm³/mol. The van der Waals surface area contributed by atoms with E-state index in [2.05, 4.69) is 6.58 Å². The van der Waals surface area contributed by atoms with Crippen molar-refractivity contribution in [3.63, 3.8) is 0 Å². The second-order valence-corrected chi connectivity index (χ2v) is 3.38. The van der Waals surface area contributed by atoms with E-state index >= 15 is 0 Å². The molecular formula is C12H14O4. The van der Waals surface area contributed by atoms with Crippen LogP contribution in [0.15, 0.2) is 43.0 Å². The van der Waals surface area contributed by atoms with E-state index in [1.54, 1.807) is 18.2 Å². The monoisotopic (exact) mass is 222 g/mol. The molecule has 0 aromatic heterocycles. The van der Waals surface area contributed by atoms with Gasteiger partial charge in [0.2, 0.25) is 5.79 Å². The van der Waals surface area contributed by atoms with Crippen molar-refractivity contribution in [1.82, 2.24) is 0 Å². The van der Waals surface area contributed by atoms with Crippen molar-refractivity contribution in [2.75, 3.05) is 0 Å². The maximum atomic E-state index is 10.9. The molecule has 0 saturated heterocycles. The topological polar surface area (TPSA) is 66.8 Å². The van der Waals surface area contributed by atoms with Gasteiger partial charge in [0, 0.05) is 11.6 Å². The Labute approximate surface area is 93.8 Å². The van der Waals surface area contributed by atoms with E-state index in [0.29, 0.717) is 0 Å². The highest BCUT2D eigenvalue weighted by Gasteiger charge is 2.35. The normalized spacial score (nSPS) is 12.9. The molecule has 0 spiro atoms. The number of aliphatic hydroxyl groups is 2. The van der Waals surface area contributed by atoms with E-state index in [4.69, 9.17) is 4.74 Å². The smallest absolute Gasteiger partial charge is 0.330 e. The van der Waals surface area contributed by atoms with Crippen molar-refractivity contribution in [3.05, 3.63) is 48.6 Å². The van der Waals surface area contributed by atoms with Gasteiger partial charge in [-0.1, -0.05) is 36.9 Å². The number of esters is 1. The average Bonchev–Trinajstić information content (AvgIpc) is 2.29. The molecule has 0 saturated carbocycles.